The molecule has 0 spiro atoms. The van der Waals surface area contributed by atoms with Crippen LogP contribution in [0.5, 0.6) is 0 Å². The number of hydrogen-bond acceptors (Lipinski definition) is 3. The number of amides is 1. The fraction of sp³-hybridized carbons (Fsp3) is 0.500. The van der Waals surface area contributed by atoms with Gasteiger partial charge in [0.2, 0.25) is 0 Å². The van der Waals surface area contributed by atoms with Gasteiger partial charge in [0.25, 0.3) is 0 Å². The van der Waals surface area contributed by atoms with Gasteiger partial charge in [-0.05, 0) is 31.9 Å². The van der Waals surface area contributed by atoms with Gasteiger partial charge in [-0.25, -0.2) is 4.79 Å². The number of nitrogens with one attached hydrogen (secondary N) is 1. The van der Waals surface area contributed by atoms with E-state index in [2.05, 4.69) is 5.32 Å². The molecule has 1 aliphatic heterocycles. The maximum Gasteiger partial charge on any atom is 1.00 e. The third-order valence-electron chi connectivity index (χ3n) is 3.15. The minimum Gasteiger partial charge on any atom is -0.445 e. The number of carbonyl (C=O) groups excluding carboxylic acids is 1. The number of rotatable bonds is 2. The summed E-state index contributed by atoms with van der Waals surface area (Å²) in [5.74, 6) is 0. The molecule has 0 fully saturated rings. The standard InChI is InChI=1S/C14H18BF3NO3.K/c1-14(2,3)22-13(20)19-12-8-21-7-9-6-10(15(16,17)18)4-5-11(9)12;/h4-6,12H,7-8H2,1-3H3,(H,19,20);/q-1;+1/t12-;/m1./s1. The number of alkyl carbamates (subject to hydrolysis) is 1. The van der Waals surface area contributed by atoms with Crippen molar-refractivity contribution < 1.29 is 78.6 Å². The normalized spacial score (nSPS) is 17.7. The number of carbonyl (C=O) groups is 1. The Morgan fingerprint density at radius 3 is 2.57 bits per heavy atom. The van der Waals surface area contributed by atoms with Gasteiger partial charge >= 0.3 is 64.5 Å². The van der Waals surface area contributed by atoms with E-state index in [1.54, 1.807) is 20.8 Å². The van der Waals surface area contributed by atoms with Crippen molar-refractivity contribution in [3.63, 3.8) is 0 Å². The van der Waals surface area contributed by atoms with Crippen molar-refractivity contribution in [1.82, 2.24) is 5.32 Å². The van der Waals surface area contributed by atoms with E-state index in [4.69, 9.17) is 9.47 Å². The first-order valence-electron chi connectivity index (χ1n) is 6.96. The van der Waals surface area contributed by atoms with Crippen LogP contribution in [-0.4, -0.2) is 25.3 Å². The van der Waals surface area contributed by atoms with E-state index >= 15 is 0 Å². The average molecular weight is 355 g/mol. The Bertz CT molecular complexity index is 575. The molecule has 0 aromatic heterocycles. The van der Waals surface area contributed by atoms with Crippen LogP contribution in [0.4, 0.5) is 17.7 Å². The predicted molar refractivity (Wildman–Crippen MR) is 76.9 cm³/mol. The van der Waals surface area contributed by atoms with Crippen molar-refractivity contribution in [3.8, 4) is 0 Å². The smallest absolute Gasteiger partial charge is 0.445 e. The molecule has 9 heteroatoms. The first kappa shape index (κ1) is 21.0. The van der Waals surface area contributed by atoms with Gasteiger partial charge < -0.3 is 27.7 Å². The molecule has 1 N–H and O–H groups in total. The minimum atomic E-state index is -5.05. The molecule has 0 aliphatic carbocycles. The zero-order valence-electron chi connectivity index (χ0n) is 13.7. The van der Waals surface area contributed by atoms with Gasteiger partial charge in [0.05, 0.1) is 19.3 Å². The monoisotopic (exact) mass is 355 g/mol. The maximum absolute atomic E-state index is 12.8. The topological polar surface area (TPSA) is 47.6 Å². The number of hydrogen-bond donors (Lipinski definition) is 1. The number of ether oxygens (including phenoxy) is 2. The fourth-order valence-electron chi connectivity index (χ4n) is 2.24. The zero-order valence-corrected chi connectivity index (χ0v) is 16.8. The Morgan fingerprint density at radius 1 is 1.35 bits per heavy atom. The van der Waals surface area contributed by atoms with Crippen molar-refractivity contribution in [2.75, 3.05) is 6.61 Å². The summed E-state index contributed by atoms with van der Waals surface area (Å²) in [6.07, 6.45) is -0.627. The van der Waals surface area contributed by atoms with Gasteiger partial charge in [-0.1, -0.05) is 18.2 Å². The van der Waals surface area contributed by atoms with E-state index in [-0.39, 0.29) is 64.6 Å². The summed E-state index contributed by atoms with van der Waals surface area (Å²) < 4.78 is 48.8. The first-order valence-corrected chi connectivity index (χ1v) is 6.96. The van der Waals surface area contributed by atoms with Crippen LogP contribution in [0, 0.1) is 0 Å². The molecule has 1 aromatic rings. The predicted octanol–water partition coefficient (Wildman–Crippen LogP) is -0.159. The van der Waals surface area contributed by atoms with Gasteiger partial charge in [0.15, 0.2) is 0 Å². The van der Waals surface area contributed by atoms with Crippen molar-refractivity contribution in [2.24, 2.45) is 0 Å². The molecule has 0 radical (unpaired) electrons. The molecule has 1 aliphatic rings. The fourth-order valence-corrected chi connectivity index (χ4v) is 2.24. The van der Waals surface area contributed by atoms with Crippen LogP contribution in [0.15, 0.2) is 18.2 Å². The second-order valence-corrected chi connectivity index (χ2v) is 6.25. The Morgan fingerprint density at radius 2 is 2.00 bits per heavy atom. The molecule has 122 valence electrons. The van der Waals surface area contributed by atoms with Crippen LogP contribution in [-0.2, 0) is 16.1 Å². The van der Waals surface area contributed by atoms with Gasteiger partial charge in [0.1, 0.15) is 5.60 Å². The van der Waals surface area contributed by atoms with Crippen LogP contribution in [0.2, 0.25) is 0 Å². The van der Waals surface area contributed by atoms with E-state index in [0.717, 1.165) is 12.1 Å². The molecule has 2 rings (SSSR count). The van der Waals surface area contributed by atoms with Crippen LogP contribution < -0.4 is 62.2 Å². The van der Waals surface area contributed by atoms with Gasteiger partial charge in [-0.3, -0.25) is 0 Å². The molecule has 4 nitrogen and oxygen atoms in total. The molecule has 23 heavy (non-hydrogen) atoms. The molecule has 0 bridgehead atoms. The quantitative estimate of drug-likeness (QED) is 0.751. The van der Waals surface area contributed by atoms with Gasteiger partial charge in [-0.15, -0.1) is 5.46 Å². The van der Waals surface area contributed by atoms with E-state index < -0.39 is 30.2 Å². The van der Waals surface area contributed by atoms with Crippen LogP contribution in [0.3, 0.4) is 0 Å². The summed E-state index contributed by atoms with van der Waals surface area (Å²) in [4.78, 5) is 11.8. The largest absolute Gasteiger partial charge is 1.00 e. The van der Waals surface area contributed by atoms with E-state index in [1.165, 1.54) is 6.07 Å². The van der Waals surface area contributed by atoms with E-state index in [1.807, 2.05) is 0 Å². The second kappa shape index (κ2) is 7.88. The van der Waals surface area contributed by atoms with Crippen LogP contribution >= 0.6 is 0 Å². The first-order chi connectivity index (χ1) is 10.1. The summed E-state index contributed by atoms with van der Waals surface area (Å²) in [7, 11) is 0. The number of benzene rings is 1. The summed E-state index contributed by atoms with van der Waals surface area (Å²) >= 11 is 0. The average Bonchev–Trinajstić information content (AvgIpc) is 2.35. The zero-order chi connectivity index (χ0) is 16.5. The summed E-state index contributed by atoms with van der Waals surface area (Å²) in [5, 5.41) is 2.63. The summed E-state index contributed by atoms with van der Waals surface area (Å²) in [6.45, 7) is 0.440. The molecule has 0 saturated heterocycles. The third-order valence-corrected chi connectivity index (χ3v) is 3.15. The van der Waals surface area contributed by atoms with E-state index in [9.17, 15) is 17.7 Å². The Kier molecular flexibility index (Phi) is 7.19. The van der Waals surface area contributed by atoms with Crippen LogP contribution in [0.25, 0.3) is 0 Å². The third kappa shape index (κ3) is 6.06. The van der Waals surface area contributed by atoms with E-state index in [0.29, 0.717) is 11.1 Å². The summed E-state index contributed by atoms with van der Waals surface area (Å²) in [5.41, 5.74) is -0.254. The maximum atomic E-state index is 12.8. The number of halogens is 3. The van der Waals surface area contributed by atoms with Crippen molar-refractivity contribution in [1.29, 1.82) is 0 Å². The van der Waals surface area contributed by atoms with Crippen molar-refractivity contribution >= 4 is 18.5 Å². The molecule has 1 heterocycles. The Hall–Kier alpha value is -0.0587. The Balaban J connectivity index is 0.00000264. The van der Waals surface area contributed by atoms with Crippen molar-refractivity contribution in [3.05, 3.63) is 29.3 Å². The van der Waals surface area contributed by atoms with Crippen molar-refractivity contribution in [2.45, 2.75) is 39.0 Å². The van der Waals surface area contributed by atoms with Gasteiger partial charge in [0, 0.05) is 0 Å². The number of fused-ring (bicyclic) bond motifs is 1. The second-order valence-electron chi connectivity index (χ2n) is 6.25. The van der Waals surface area contributed by atoms with Gasteiger partial charge in [-0.2, -0.15) is 0 Å². The molecule has 0 saturated carbocycles. The summed E-state index contributed by atoms with van der Waals surface area (Å²) in [6, 6.07) is 2.99. The molecule has 1 aromatic carbocycles. The molecule has 0 unspecified atom stereocenters. The minimum absolute atomic E-state index is 0. The molecule has 1 amide bonds. The van der Waals surface area contributed by atoms with Crippen LogP contribution in [0.1, 0.15) is 37.9 Å². The molecular formula is C14H18BF3KNO3. The Labute approximate surface area is 176 Å². The molecule has 1 atom stereocenters. The SMILES string of the molecule is CC(C)(C)OC(=O)N[C@@H]1COCc2cc([B-](F)(F)F)ccc21.[K+]. The molecular weight excluding hydrogens is 337 g/mol.